The van der Waals surface area contributed by atoms with Crippen LogP contribution < -0.4 is 9.62 Å². The lowest BCUT2D eigenvalue weighted by molar-refractivity contribution is 0.165. The Hall–Kier alpha value is -1.75. The molecule has 8 heteroatoms. The highest BCUT2D eigenvalue weighted by atomic mass is 35.5. The molecule has 0 bridgehead atoms. The molecule has 0 saturated carbocycles. The number of terminal acetylenes is 1. The van der Waals surface area contributed by atoms with Crippen molar-refractivity contribution in [2.45, 2.75) is 9.89 Å². The predicted octanol–water partition coefficient (Wildman–Crippen LogP) is 3.16. The number of para-hydroxylation sites is 1. The third-order valence-electron chi connectivity index (χ3n) is 4.37. The van der Waals surface area contributed by atoms with Crippen LogP contribution in [0.15, 0.2) is 47.4 Å². The van der Waals surface area contributed by atoms with Gasteiger partial charge in [0.2, 0.25) is 0 Å². The van der Waals surface area contributed by atoms with Crippen LogP contribution in [0.4, 0.5) is 5.69 Å². The average molecular weight is 425 g/mol. The van der Waals surface area contributed by atoms with E-state index in [1.54, 1.807) is 30.3 Å². The maximum atomic E-state index is 13.2. The first-order valence-electron chi connectivity index (χ1n) is 8.16. The number of nitrogens with one attached hydrogen (secondary N) is 1. The first-order chi connectivity index (χ1) is 12.8. The molecule has 0 aromatic heterocycles. The van der Waals surface area contributed by atoms with Crippen molar-refractivity contribution >= 4 is 38.9 Å². The van der Waals surface area contributed by atoms with Gasteiger partial charge in [0.15, 0.2) is 0 Å². The molecule has 0 saturated heterocycles. The van der Waals surface area contributed by atoms with Crippen LogP contribution in [-0.4, -0.2) is 35.2 Å². The third kappa shape index (κ3) is 3.54. The van der Waals surface area contributed by atoms with E-state index >= 15 is 0 Å². The second-order valence-electron chi connectivity index (χ2n) is 5.97. The molecule has 1 atom stereocenters. The van der Waals surface area contributed by atoms with E-state index in [1.165, 1.54) is 17.4 Å². The molecular formula is C19H18Cl2N2O3S. The molecule has 1 aliphatic heterocycles. The van der Waals surface area contributed by atoms with E-state index in [0.717, 1.165) is 0 Å². The summed E-state index contributed by atoms with van der Waals surface area (Å²) in [6.45, 7) is 0.883. The van der Waals surface area contributed by atoms with Gasteiger partial charge in [0.05, 0.1) is 17.2 Å². The van der Waals surface area contributed by atoms with E-state index in [1.807, 2.05) is 6.07 Å². The van der Waals surface area contributed by atoms with Gasteiger partial charge in [0, 0.05) is 29.7 Å². The zero-order valence-corrected chi connectivity index (χ0v) is 16.9. The zero-order valence-electron chi connectivity index (χ0n) is 14.6. The Morgan fingerprint density at radius 2 is 2.00 bits per heavy atom. The number of alkyl halides is 1. The monoisotopic (exact) mass is 424 g/mol. The average Bonchev–Trinajstić information content (AvgIpc) is 2.71. The first kappa shape index (κ1) is 20.0. The molecule has 1 aliphatic rings. The lowest BCUT2D eigenvalue weighted by Crippen LogP contribution is -2.40. The van der Waals surface area contributed by atoms with E-state index in [4.69, 9.17) is 34.4 Å². The summed E-state index contributed by atoms with van der Waals surface area (Å²) < 4.78 is 32.9. The molecule has 0 radical (unpaired) electrons. The van der Waals surface area contributed by atoms with Crippen molar-refractivity contribution in [2.75, 3.05) is 31.1 Å². The van der Waals surface area contributed by atoms with E-state index in [9.17, 15) is 8.42 Å². The number of benzene rings is 2. The van der Waals surface area contributed by atoms with Crippen LogP contribution in [0.3, 0.4) is 0 Å². The van der Waals surface area contributed by atoms with Crippen molar-refractivity contribution in [1.29, 1.82) is 0 Å². The Morgan fingerprint density at radius 1 is 1.26 bits per heavy atom. The molecule has 1 N–H and O–H groups in total. The van der Waals surface area contributed by atoms with Gasteiger partial charge >= 0.3 is 0 Å². The molecule has 142 valence electrons. The van der Waals surface area contributed by atoms with Crippen LogP contribution in [0.25, 0.3) is 0 Å². The Balaban J connectivity index is 2.17. The summed E-state index contributed by atoms with van der Waals surface area (Å²) in [5.74, 6) is 2.40. The van der Waals surface area contributed by atoms with Crippen molar-refractivity contribution in [3.05, 3.63) is 58.6 Å². The number of anilines is 1. The smallest absolute Gasteiger partial charge is 0.264 e. The maximum absolute atomic E-state index is 13.2. The Morgan fingerprint density at radius 3 is 2.74 bits per heavy atom. The standard InChI is InChI=1S/C19H18Cl2N2O3S/c1-3-11-26-12-10-22-19(21)15-6-4-5-7-17(15)23(2)27(24,25)18-13-14(20)8-9-16(18)19/h1,4-9,13,22H,10-12H2,2H3. The Bertz CT molecular complexity index is 1000. The van der Waals surface area contributed by atoms with Gasteiger partial charge in [-0.15, -0.1) is 6.42 Å². The topological polar surface area (TPSA) is 58.6 Å². The summed E-state index contributed by atoms with van der Waals surface area (Å²) in [5.41, 5.74) is 1.51. The van der Waals surface area contributed by atoms with Crippen molar-refractivity contribution in [1.82, 2.24) is 5.32 Å². The van der Waals surface area contributed by atoms with Crippen molar-refractivity contribution in [3.63, 3.8) is 0 Å². The minimum absolute atomic E-state index is 0.0562. The summed E-state index contributed by atoms with van der Waals surface area (Å²) in [5, 5.41) is 3.54. The van der Waals surface area contributed by atoms with Gasteiger partial charge in [-0.05, 0) is 18.2 Å². The van der Waals surface area contributed by atoms with E-state index in [0.29, 0.717) is 35.0 Å². The number of ether oxygens (including phenoxy) is 1. The molecular weight excluding hydrogens is 407 g/mol. The Kier molecular flexibility index (Phi) is 5.71. The maximum Gasteiger partial charge on any atom is 0.264 e. The van der Waals surface area contributed by atoms with Crippen molar-refractivity contribution in [2.24, 2.45) is 0 Å². The predicted molar refractivity (Wildman–Crippen MR) is 108 cm³/mol. The molecule has 0 spiro atoms. The van der Waals surface area contributed by atoms with Gasteiger partial charge in [0.25, 0.3) is 10.0 Å². The summed E-state index contributed by atoms with van der Waals surface area (Å²) in [6.07, 6.45) is 5.18. The van der Waals surface area contributed by atoms with Gasteiger partial charge in [-0.1, -0.05) is 53.4 Å². The first-order valence-corrected chi connectivity index (χ1v) is 10.4. The lowest BCUT2D eigenvalue weighted by Gasteiger charge is -2.30. The number of fused-ring (bicyclic) bond motifs is 2. The minimum Gasteiger partial charge on any atom is -0.367 e. The summed E-state index contributed by atoms with van der Waals surface area (Å²) in [7, 11) is -2.34. The van der Waals surface area contributed by atoms with Crippen LogP contribution in [-0.2, 0) is 19.8 Å². The van der Waals surface area contributed by atoms with E-state index < -0.39 is 15.0 Å². The second-order valence-corrected chi connectivity index (χ2v) is 8.91. The van der Waals surface area contributed by atoms with Crippen LogP contribution in [0, 0.1) is 12.3 Å². The molecule has 27 heavy (non-hydrogen) atoms. The summed E-state index contributed by atoms with van der Waals surface area (Å²) >= 11 is 13.1. The summed E-state index contributed by atoms with van der Waals surface area (Å²) in [6, 6.07) is 11.8. The largest absolute Gasteiger partial charge is 0.367 e. The summed E-state index contributed by atoms with van der Waals surface area (Å²) in [4.78, 5) is -1.23. The van der Waals surface area contributed by atoms with E-state index in [2.05, 4.69) is 11.2 Å². The van der Waals surface area contributed by atoms with Gasteiger partial charge in [0.1, 0.15) is 11.6 Å². The number of sulfonamides is 1. The van der Waals surface area contributed by atoms with Crippen LogP contribution in [0.1, 0.15) is 11.1 Å². The lowest BCUT2D eigenvalue weighted by atomic mass is 9.96. The number of rotatable bonds is 5. The molecule has 5 nitrogen and oxygen atoms in total. The minimum atomic E-state index is -3.84. The van der Waals surface area contributed by atoms with Gasteiger partial charge < -0.3 is 4.74 Å². The molecule has 0 aliphatic carbocycles. The Labute approximate surface area is 169 Å². The molecule has 3 rings (SSSR count). The fourth-order valence-electron chi connectivity index (χ4n) is 3.07. The van der Waals surface area contributed by atoms with Crippen molar-refractivity contribution < 1.29 is 13.2 Å². The fraction of sp³-hybridized carbons (Fsp3) is 0.263. The van der Waals surface area contributed by atoms with Gasteiger partial charge in [-0.3, -0.25) is 9.62 Å². The van der Waals surface area contributed by atoms with Gasteiger partial charge in [-0.25, -0.2) is 8.42 Å². The highest BCUT2D eigenvalue weighted by Gasteiger charge is 2.43. The van der Waals surface area contributed by atoms with Crippen molar-refractivity contribution in [3.8, 4) is 12.3 Å². The van der Waals surface area contributed by atoms with Crippen LogP contribution >= 0.6 is 23.2 Å². The SMILES string of the molecule is C#CCOCCNC1(Cl)c2ccccc2N(C)S(=O)(=O)c2cc(Cl)ccc21. The number of halogens is 2. The normalized spacial score (nSPS) is 20.3. The van der Waals surface area contributed by atoms with Crippen LogP contribution in [0.2, 0.25) is 5.02 Å². The quantitative estimate of drug-likeness (QED) is 0.346. The molecule has 2 aromatic carbocycles. The zero-order chi connectivity index (χ0) is 19.7. The van der Waals surface area contributed by atoms with E-state index in [-0.39, 0.29) is 11.5 Å². The fourth-order valence-corrected chi connectivity index (χ4v) is 5.27. The highest BCUT2D eigenvalue weighted by Crippen LogP contribution is 2.46. The number of hydrogen-bond acceptors (Lipinski definition) is 4. The molecule has 0 fully saturated rings. The van der Waals surface area contributed by atoms with Gasteiger partial charge in [-0.2, -0.15) is 0 Å². The molecule has 1 unspecified atom stereocenters. The molecule has 1 heterocycles. The number of hydrogen-bond donors (Lipinski definition) is 1. The van der Waals surface area contributed by atoms with Crippen LogP contribution in [0.5, 0.6) is 0 Å². The second kappa shape index (κ2) is 7.70. The number of nitrogens with zero attached hydrogens (tertiary/aromatic N) is 1. The highest BCUT2D eigenvalue weighted by molar-refractivity contribution is 7.92. The third-order valence-corrected chi connectivity index (χ3v) is 6.96. The molecule has 2 aromatic rings. The molecule has 0 amide bonds.